The highest BCUT2D eigenvalue weighted by atomic mass is 32.2. The van der Waals surface area contributed by atoms with E-state index in [0.717, 1.165) is 71.5 Å². The molecule has 0 fully saturated rings. The maximum atomic E-state index is 13.1. The molecule has 1 heterocycles. The molecule has 0 atom stereocenters. The lowest BCUT2D eigenvalue weighted by atomic mass is 9.93. The van der Waals surface area contributed by atoms with Crippen LogP contribution < -0.4 is 19.6 Å². The van der Waals surface area contributed by atoms with Gasteiger partial charge in [-0.25, -0.2) is 23.0 Å². The Balaban J connectivity index is 1.99. The molecule has 4 rings (SSSR count). The molecule has 2 aromatic rings. The minimum Gasteiger partial charge on any atom is -0.456 e. The van der Waals surface area contributed by atoms with E-state index in [1.807, 2.05) is 31.2 Å². The van der Waals surface area contributed by atoms with Crippen molar-refractivity contribution in [3.63, 3.8) is 0 Å². The Morgan fingerprint density at radius 2 is 1.70 bits per heavy atom. The lowest BCUT2D eigenvalue weighted by molar-refractivity contribution is -0.432. The summed E-state index contributed by atoms with van der Waals surface area (Å²) in [6.07, 6.45) is 0. The summed E-state index contributed by atoms with van der Waals surface area (Å²) in [6.45, 7) is 14.2. The van der Waals surface area contributed by atoms with Crippen molar-refractivity contribution in [1.29, 1.82) is 0 Å². The van der Waals surface area contributed by atoms with Gasteiger partial charge in [0.15, 0.2) is 0 Å². The molecule has 12 heteroatoms. The van der Waals surface area contributed by atoms with E-state index < -0.39 is 10.0 Å². The molecule has 0 spiro atoms. The summed E-state index contributed by atoms with van der Waals surface area (Å²) in [5.74, 6) is 2.28. The first kappa shape index (κ1) is 33.3. The second-order valence-electron chi connectivity index (χ2n) is 9.66. The molecule has 9 nitrogen and oxygen atoms in total. The minimum absolute atomic E-state index is 0.0867. The number of anilines is 1. The molecule has 0 amide bonds. The molecule has 2 aliphatic rings. The number of fused-ring (bicyclic) bond motifs is 2. The summed E-state index contributed by atoms with van der Waals surface area (Å²) < 4.78 is 42.6. The third-order valence-corrected chi connectivity index (χ3v) is 10.4. The fraction of sp³-hybridized carbons (Fsp3) is 0.387. The van der Waals surface area contributed by atoms with Gasteiger partial charge in [0.25, 0.3) is 0 Å². The Bertz CT molecular complexity index is 1680. The average molecular weight is 647 g/mol. The van der Waals surface area contributed by atoms with Crippen LogP contribution in [0.25, 0.3) is 33.4 Å². The van der Waals surface area contributed by atoms with Crippen molar-refractivity contribution in [1.82, 2.24) is 9.30 Å². The molecule has 0 unspecified atom stereocenters. The summed E-state index contributed by atoms with van der Waals surface area (Å²) in [6, 6.07) is 17.2. The summed E-state index contributed by atoms with van der Waals surface area (Å²) in [7, 11) is -3.78. The van der Waals surface area contributed by atoms with Gasteiger partial charge in [-0.15, -0.1) is 4.33 Å². The van der Waals surface area contributed by atoms with Gasteiger partial charge in [-0.2, -0.15) is 11.8 Å². The second-order valence-corrected chi connectivity index (χ2v) is 13.6. The molecule has 232 valence electrons. The lowest BCUT2D eigenvalue weighted by Crippen LogP contribution is -2.29. The summed E-state index contributed by atoms with van der Waals surface area (Å²) in [5, 5.41) is 14.8. The van der Waals surface area contributed by atoms with Crippen LogP contribution in [-0.2, 0) is 19.4 Å². The largest absolute Gasteiger partial charge is 0.456 e. The number of thioether (sulfide) groups is 1. The van der Waals surface area contributed by atoms with Crippen LogP contribution in [-0.4, -0.2) is 57.9 Å². The number of sulfonamides is 1. The quantitative estimate of drug-likeness (QED) is 0.0383. The zero-order valence-electron chi connectivity index (χ0n) is 25.3. The number of nitrogens with one attached hydrogen (secondary N) is 1. The zero-order chi connectivity index (χ0) is 31.0. The second kappa shape index (κ2) is 15.4. The first-order valence-electron chi connectivity index (χ1n) is 14.5. The third kappa shape index (κ3) is 7.56. The van der Waals surface area contributed by atoms with E-state index in [9.17, 15) is 8.42 Å². The number of rotatable bonds is 15. The molecule has 0 aromatic heterocycles. The van der Waals surface area contributed by atoms with Gasteiger partial charge >= 0.3 is 0 Å². The van der Waals surface area contributed by atoms with Gasteiger partial charge in [-0.3, -0.25) is 0 Å². The van der Waals surface area contributed by atoms with Crippen molar-refractivity contribution < 1.29 is 27.5 Å². The summed E-state index contributed by atoms with van der Waals surface area (Å²) >= 11 is 2.40. The molecule has 0 bridgehead atoms. The fourth-order valence-corrected chi connectivity index (χ4v) is 7.54. The van der Waals surface area contributed by atoms with Crippen molar-refractivity contribution in [3.05, 3.63) is 60.0 Å². The van der Waals surface area contributed by atoms with E-state index in [1.54, 1.807) is 23.9 Å². The van der Waals surface area contributed by atoms with E-state index in [0.29, 0.717) is 34.1 Å². The molecule has 1 aliphatic heterocycles. The van der Waals surface area contributed by atoms with Crippen LogP contribution in [0.5, 0.6) is 0 Å². The minimum atomic E-state index is -3.78. The Labute approximate surface area is 262 Å². The average Bonchev–Trinajstić information content (AvgIpc) is 3.02. The maximum Gasteiger partial charge on any atom is 0.240 e. The van der Waals surface area contributed by atoms with Gasteiger partial charge in [0, 0.05) is 64.6 Å². The van der Waals surface area contributed by atoms with E-state index in [-0.39, 0.29) is 4.90 Å². The highest BCUT2D eigenvalue weighted by molar-refractivity contribution is 7.99. The van der Waals surface area contributed by atoms with Gasteiger partial charge < -0.3 is 9.32 Å². The zero-order valence-corrected chi connectivity index (χ0v) is 27.7. The SMILES string of the molecule is CCSCCNS(=O)(=O)c1ccc(-c2c3ccc(=[N+](CC)CC)cc-3oc3cc(N(CC)CC)ccc23)c(SOOO)c1. The number of nitrogens with zero attached hydrogens (tertiary/aromatic N) is 2. The number of hydrogen-bond donors (Lipinski definition) is 2. The normalized spacial score (nSPS) is 11.9. The van der Waals surface area contributed by atoms with Crippen molar-refractivity contribution >= 4 is 50.5 Å². The smallest absolute Gasteiger partial charge is 0.240 e. The van der Waals surface area contributed by atoms with Gasteiger partial charge in [0.1, 0.15) is 24.4 Å². The van der Waals surface area contributed by atoms with E-state index >= 15 is 0 Å². The van der Waals surface area contributed by atoms with Crippen LogP contribution in [0.15, 0.2) is 68.8 Å². The van der Waals surface area contributed by atoms with Crippen molar-refractivity contribution in [2.75, 3.05) is 49.1 Å². The van der Waals surface area contributed by atoms with E-state index in [1.165, 1.54) is 6.07 Å². The topological polar surface area (TPSA) is 104 Å². The predicted octanol–water partition coefficient (Wildman–Crippen LogP) is 6.32. The number of hydrogen-bond acceptors (Lipinski definition) is 9. The van der Waals surface area contributed by atoms with E-state index in [2.05, 4.69) is 59.1 Å². The molecule has 0 radical (unpaired) electrons. The van der Waals surface area contributed by atoms with Crippen LogP contribution in [0.3, 0.4) is 0 Å². The first-order chi connectivity index (χ1) is 20.8. The Morgan fingerprint density at radius 1 is 0.953 bits per heavy atom. The molecule has 0 saturated heterocycles. The molecule has 2 aromatic carbocycles. The first-order valence-corrected chi connectivity index (χ1v) is 17.9. The van der Waals surface area contributed by atoms with Crippen molar-refractivity contribution in [2.45, 2.75) is 44.4 Å². The van der Waals surface area contributed by atoms with Crippen LogP contribution in [0.4, 0.5) is 5.69 Å². The standard InChI is InChI=1S/C31H39N3O6S3/c1-6-33(7-2)22-11-14-25-28(19-22)38-29-20-23(34(8-3)9-4)12-15-26(29)31(25)27-16-13-24(21-30(27)42-40-39-35)43(36,37)32-17-18-41-10-5/h11-16,19-21,32H,6-10,17-18H2,1-5H3/p+1. The van der Waals surface area contributed by atoms with Crippen molar-refractivity contribution in [3.8, 4) is 22.5 Å². The van der Waals surface area contributed by atoms with E-state index in [4.69, 9.17) is 14.0 Å². The van der Waals surface area contributed by atoms with Crippen molar-refractivity contribution in [2.24, 2.45) is 0 Å². The van der Waals surface area contributed by atoms with Crippen LogP contribution in [0.2, 0.25) is 0 Å². The lowest BCUT2D eigenvalue weighted by Gasteiger charge is -2.22. The molecule has 2 N–H and O–H groups in total. The van der Waals surface area contributed by atoms with Gasteiger partial charge in [0.05, 0.1) is 23.0 Å². The molecule has 43 heavy (non-hydrogen) atoms. The third-order valence-electron chi connectivity index (χ3n) is 7.38. The highest BCUT2D eigenvalue weighted by Crippen LogP contribution is 2.44. The molecule has 1 aliphatic carbocycles. The Morgan fingerprint density at radius 3 is 2.37 bits per heavy atom. The predicted molar refractivity (Wildman–Crippen MR) is 177 cm³/mol. The highest BCUT2D eigenvalue weighted by Gasteiger charge is 2.24. The van der Waals surface area contributed by atoms with Crippen LogP contribution in [0, 0.1) is 0 Å². The van der Waals surface area contributed by atoms with Gasteiger partial charge in [-0.1, -0.05) is 18.0 Å². The van der Waals surface area contributed by atoms with Gasteiger partial charge in [0.2, 0.25) is 15.4 Å². The Kier molecular flexibility index (Phi) is 12.0. The molecule has 0 saturated carbocycles. The summed E-state index contributed by atoms with van der Waals surface area (Å²) in [4.78, 5) is 2.79. The Hall–Kier alpha value is -2.58. The monoisotopic (exact) mass is 646 g/mol. The number of benzene rings is 3. The fourth-order valence-electron chi connectivity index (χ4n) is 5.20. The summed E-state index contributed by atoms with van der Waals surface area (Å²) in [5.41, 5.74) is 4.17. The molecular formula is C31H40N3O6S3+. The van der Waals surface area contributed by atoms with Crippen LogP contribution >= 0.6 is 23.8 Å². The van der Waals surface area contributed by atoms with Crippen LogP contribution in [0.1, 0.15) is 34.6 Å². The molecular weight excluding hydrogens is 607 g/mol. The van der Waals surface area contributed by atoms with Gasteiger partial charge in [-0.05, 0) is 69.3 Å². The maximum absolute atomic E-state index is 13.1.